The van der Waals surface area contributed by atoms with Gasteiger partial charge in [-0.05, 0) is 19.1 Å². The van der Waals surface area contributed by atoms with Gasteiger partial charge in [0.05, 0.1) is 0 Å². The number of thioether (sulfide) groups is 1. The molecular weight excluding hydrogens is 144 g/mol. The van der Waals surface area contributed by atoms with E-state index in [9.17, 15) is 0 Å². The van der Waals surface area contributed by atoms with Gasteiger partial charge < -0.3 is 11.1 Å². The Bertz CT molecular complexity index is 150. The first-order chi connectivity index (χ1) is 4.73. The average molecular weight is 158 g/mol. The lowest BCUT2D eigenvalue weighted by Gasteiger charge is -2.10. The van der Waals surface area contributed by atoms with Crippen molar-refractivity contribution in [2.45, 2.75) is 18.4 Å². The fourth-order valence-electron chi connectivity index (χ4n) is 0.918. The predicted molar refractivity (Wildman–Crippen MR) is 46.8 cm³/mol. The van der Waals surface area contributed by atoms with E-state index in [4.69, 9.17) is 5.73 Å². The van der Waals surface area contributed by atoms with Crippen LogP contribution in [0.4, 0.5) is 0 Å². The Labute approximate surface area is 66.2 Å². The van der Waals surface area contributed by atoms with E-state index < -0.39 is 0 Å². The SMILES string of the molecule is CN/C=C(\SC)C1(N)CC1. The van der Waals surface area contributed by atoms with Gasteiger partial charge in [-0.1, -0.05) is 0 Å². The molecule has 0 saturated heterocycles. The van der Waals surface area contributed by atoms with E-state index in [0.717, 1.165) is 12.8 Å². The lowest BCUT2D eigenvalue weighted by Crippen LogP contribution is -2.23. The fraction of sp³-hybridized carbons (Fsp3) is 0.714. The van der Waals surface area contributed by atoms with Crippen molar-refractivity contribution in [3.8, 4) is 0 Å². The number of nitrogens with two attached hydrogens (primary N) is 1. The van der Waals surface area contributed by atoms with Gasteiger partial charge in [0.25, 0.3) is 0 Å². The molecule has 0 amide bonds. The van der Waals surface area contributed by atoms with Crippen LogP contribution in [-0.2, 0) is 0 Å². The molecule has 1 aliphatic rings. The molecule has 1 rings (SSSR count). The van der Waals surface area contributed by atoms with Crippen molar-refractivity contribution >= 4 is 11.8 Å². The van der Waals surface area contributed by atoms with Crippen LogP contribution in [0.3, 0.4) is 0 Å². The Kier molecular flexibility index (Phi) is 2.26. The van der Waals surface area contributed by atoms with Gasteiger partial charge in [0.15, 0.2) is 0 Å². The number of hydrogen-bond donors (Lipinski definition) is 2. The van der Waals surface area contributed by atoms with E-state index in [0.29, 0.717) is 0 Å². The van der Waals surface area contributed by atoms with E-state index in [1.54, 1.807) is 11.8 Å². The van der Waals surface area contributed by atoms with E-state index in [1.165, 1.54) is 4.91 Å². The quantitative estimate of drug-likeness (QED) is 0.641. The first kappa shape index (κ1) is 7.95. The fourth-order valence-corrected chi connectivity index (χ4v) is 1.76. The highest BCUT2D eigenvalue weighted by molar-refractivity contribution is 8.02. The standard InChI is InChI=1S/C7H14N2S/c1-9-5-6(10-2)7(8)3-4-7/h5,9H,3-4,8H2,1-2H3/b6-5-. The normalized spacial score (nSPS) is 22.5. The molecular formula is C7H14N2S. The monoisotopic (exact) mass is 158 g/mol. The summed E-state index contributed by atoms with van der Waals surface area (Å²) in [6, 6.07) is 0. The van der Waals surface area contributed by atoms with Crippen LogP contribution >= 0.6 is 11.8 Å². The minimum atomic E-state index is 0.0302. The molecule has 1 fully saturated rings. The van der Waals surface area contributed by atoms with Crippen molar-refractivity contribution in [2.75, 3.05) is 13.3 Å². The summed E-state index contributed by atoms with van der Waals surface area (Å²) in [6.45, 7) is 0. The zero-order chi connectivity index (χ0) is 7.61. The molecule has 0 radical (unpaired) electrons. The van der Waals surface area contributed by atoms with E-state index >= 15 is 0 Å². The molecule has 3 heteroatoms. The third kappa shape index (κ3) is 1.47. The van der Waals surface area contributed by atoms with Gasteiger partial charge in [-0.25, -0.2) is 0 Å². The zero-order valence-electron chi connectivity index (χ0n) is 6.48. The lowest BCUT2D eigenvalue weighted by atomic mass is 10.3. The van der Waals surface area contributed by atoms with Crippen LogP contribution < -0.4 is 11.1 Å². The van der Waals surface area contributed by atoms with E-state index in [-0.39, 0.29) is 5.54 Å². The van der Waals surface area contributed by atoms with E-state index in [2.05, 4.69) is 11.6 Å². The molecule has 0 unspecified atom stereocenters. The van der Waals surface area contributed by atoms with Gasteiger partial charge in [-0.3, -0.25) is 0 Å². The smallest absolute Gasteiger partial charge is 0.0485 e. The Morgan fingerprint density at radius 1 is 1.70 bits per heavy atom. The maximum atomic E-state index is 5.96. The van der Waals surface area contributed by atoms with Gasteiger partial charge in [0, 0.05) is 23.7 Å². The van der Waals surface area contributed by atoms with Crippen LogP contribution in [-0.4, -0.2) is 18.8 Å². The van der Waals surface area contributed by atoms with Crippen molar-refractivity contribution in [3.63, 3.8) is 0 Å². The highest BCUT2D eigenvalue weighted by Gasteiger charge is 2.41. The summed E-state index contributed by atoms with van der Waals surface area (Å²) in [5.41, 5.74) is 5.99. The molecule has 0 aliphatic heterocycles. The van der Waals surface area contributed by atoms with Crippen LogP contribution in [0.5, 0.6) is 0 Å². The highest BCUT2D eigenvalue weighted by Crippen LogP contribution is 2.43. The van der Waals surface area contributed by atoms with E-state index in [1.807, 2.05) is 13.2 Å². The first-order valence-electron chi connectivity index (χ1n) is 3.44. The number of rotatable bonds is 3. The third-order valence-corrected chi connectivity index (χ3v) is 2.74. The molecule has 0 bridgehead atoms. The van der Waals surface area contributed by atoms with Crippen molar-refractivity contribution < 1.29 is 0 Å². The average Bonchev–Trinajstić information content (AvgIpc) is 2.64. The van der Waals surface area contributed by atoms with Crippen molar-refractivity contribution in [1.29, 1.82) is 0 Å². The molecule has 3 N–H and O–H groups in total. The van der Waals surface area contributed by atoms with Crippen LogP contribution in [0.2, 0.25) is 0 Å². The number of nitrogens with one attached hydrogen (secondary N) is 1. The summed E-state index contributed by atoms with van der Waals surface area (Å²) >= 11 is 1.74. The molecule has 0 atom stereocenters. The van der Waals surface area contributed by atoms with Crippen LogP contribution in [0.1, 0.15) is 12.8 Å². The largest absolute Gasteiger partial charge is 0.393 e. The molecule has 0 aromatic carbocycles. The lowest BCUT2D eigenvalue weighted by molar-refractivity contribution is 0.829. The molecule has 2 nitrogen and oxygen atoms in total. The second kappa shape index (κ2) is 2.84. The number of hydrogen-bond acceptors (Lipinski definition) is 3. The molecule has 1 saturated carbocycles. The van der Waals surface area contributed by atoms with Crippen LogP contribution in [0, 0.1) is 0 Å². The van der Waals surface area contributed by atoms with Gasteiger partial charge in [-0.2, -0.15) is 0 Å². The maximum absolute atomic E-state index is 5.96. The first-order valence-corrected chi connectivity index (χ1v) is 4.66. The third-order valence-electron chi connectivity index (χ3n) is 1.77. The van der Waals surface area contributed by atoms with Crippen molar-refractivity contribution in [1.82, 2.24) is 5.32 Å². The maximum Gasteiger partial charge on any atom is 0.0485 e. The molecule has 58 valence electrons. The topological polar surface area (TPSA) is 38.0 Å². The highest BCUT2D eigenvalue weighted by atomic mass is 32.2. The minimum absolute atomic E-state index is 0.0302. The summed E-state index contributed by atoms with van der Waals surface area (Å²) in [4.78, 5) is 1.27. The summed E-state index contributed by atoms with van der Waals surface area (Å²) in [5, 5.41) is 3.00. The molecule has 0 aromatic rings. The summed E-state index contributed by atoms with van der Waals surface area (Å²) in [6.07, 6.45) is 6.34. The van der Waals surface area contributed by atoms with Crippen LogP contribution in [0.15, 0.2) is 11.1 Å². The molecule has 1 aliphatic carbocycles. The van der Waals surface area contributed by atoms with Gasteiger partial charge >= 0.3 is 0 Å². The van der Waals surface area contributed by atoms with Gasteiger partial charge in [0.2, 0.25) is 0 Å². The molecule has 10 heavy (non-hydrogen) atoms. The van der Waals surface area contributed by atoms with Gasteiger partial charge in [-0.15, -0.1) is 11.8 Å². The van der Waals surface area contributed by atoms with Crippen LogP contribution in [0.25, 0.3) is 0 Å². The van der Waals surface area contributed by atoms with Gasteiger partial charge in [0.1, 0.15) is 0 Å². The molecule has 0 heterocycles. The Hall–Kier alpha value is -0.150. The minimum Gasteiger partial charge on any atom is -0.393 e. The zero-order valence-corrected chi connectivity index (χ0v) is 7.29. The Morgan fingerprint density at radius 2 is 2.30 bits per heavy atom. The predicted octanol–water partition coefficient (Wildman–Crippen LogP) is 0.901. The summed E-state index contributed by atoms with van der Waals surface area (Å²) in [7, 11) is 1.90. The Morgan fingerprint density at radius 3 is 2.60 bits per heavy atom. The Balaban J connectivity index is 2.56. The molecule has 0 aromatic heterocycles. The summed E-state index contributed by atoms with van der Waals surface area (Å²) < 4.78 is 0. The second-order valence-corrected chi connectivity index (χ2v) is 3.51. The molecule has 0 spiro atoms. The summed E-state index contributed by atoms with van der Waals surface area (Å²) in [5.74, 6) is 0. The second-order valence-electron chi connectivity index (χ2n) is 2.66. The van der Waals surface area contributed by atoms with Crippen molar-refractivity contribution in [3.05, 3.63) is 11.1 Å². The van der Waals surface area contributed by atoms with Crippen molar-refractivity contribution in [2.24, 2.45) is 5.73 Å².